The number of carbonyl (C=O) groups is 6. The molecule has 1 saturated heterocycles. The molecule has 16 nitrogen and oxygen atoms in total. The van der Waals surface area contributed by atoms with Gasteiger partial charge in [-0.3, -0.25) is 29.0 Å². The predicted molar refractivity (Wildman–Crippen MR) is 122 cm³/mol. The Hall–Kier alpha value is -3.95. The minimum atomic E-state index is -1.60. The molecular weight excluding hydrogens is 466 g/mol. The van der Waals surface area contributed by atoms with E-state index in [-0.39, 0.29) is 38.3 Å². The number of carbonyl (C=O) groups excluding carboxylic acids is 5. The third-order valence-electron chi connectivity index (χ3n) is 5.17. The summed E-state index contributed by atoms with van der Waals surface area (Å²) < 4.78 is 0. The minimum Gasteiger partial charge on any atom is -0.480 e. The fourth-order valence-corrected chi connectivity index (χ4v) is 3.53. The molecule has 4 unspecified atom stereocenters. The molecule has 1 rings (SSSR count). The monoisotopic (exact) mass is 499 g/mol. The van der Waals surface area contributed by atoms with Crippen LogP contribution in [0.15, 0.2) is 4.99 Å². The zero-order valence-corrected chi connectivity index (χ0v) is 19.1. The van der Waals surface area contributed by atoms with E-state index in [0.29, 0.717) is 6.42 Å². The maximum absolute atomic E-state index is 13.0. The van der Waals surface area contributed by atoms with Crippen LogP contribution in [0.3, 0.4) is 0 Å². The Morgan fingerprint density at radius 1 is 0.971 bits per heavy atom. The van der Waals surface area contributed by atoms with Crippen molar-refractivity contribution in [2.45, 2.75) is 62.7 Å². The predicted octanol–water partition coefficient (Wildman–Crippen LogP) is -4.84. The van der Waals surface area contributed by atoms with Gasteiger partial charge >= 0.3 is 5.97 Å². The molecule has 13 N–H and O–H groups in total. The normalized spacial score (nSPS) is 17.5. The Labute approximate surface area is 201 Å². The van der Waals surface area contributed by atoms with E-state index < -0.39 is 72.5 Å². The van der Waals surface area contributed by atoms with Gasteiger partial charge in [-0.15, -0.1) is 0 Å². The summed E-state index contributed by atoms with van der Waals surface area (Å²) in [6.07, 6.45) is -0.0368. The maximum atomic E-state index is 13.0. The number of amides is 5. The van der Waals surface area contributed by atoms with Crippen molar-refractivity contribution in [3.63, 3.8) is 0 Å². The second-order valence-electron chi connectivity index (χ2n) is 8.05. The van der Waals surface area contributed by atoms with Crippen molar-refractivity contribution < 1.29 is 33.9 Å². The number of hydrogen-bond acceptors (Lipinski definition) is 8. The summed E-state index contributed by atoms with van der Waals surface area (Å²) in [5, 5.41) is 13.9. The van der Waals surface area contributed by atoms with E-state index in [1.54, 1.807) is 0 Å². The van der Waals surface area contributed by atoms with Crippen LogP contribution in [0.1, 0.15) is 38.5 Å². The first-order valence-corrected chi connectivity index (χ1v) is 10.8. The summed E-state index contributed by atoms with van der Waals surface area (Å²) in [5.74, 6) is -5.56. The molecule has 35 heavy (non-hydrogen) atoms. The van der Waals surface area contributed by atoms with Crippen LogP contribution in [0, 0.1) is 0 Å². The number of rotatable bonds is 14. The standard InChI is InChI=1S/C19H33N9O7/c20-9(7-13(21)29)17(33)28-6-2-4-12(28)16(32)26-10(3-1-5-25-19(23)24)15(31)27-11(18(34)35)8-14(22)30/h9-12H,1-8,20H2,(H2,21,29)(H2,22,30)(H,26,32)(H,27,31)(H,34,35)(H4,23,24,25). The van der Waals surface area contributed by atoms with Crippen LogP contribution in [0.25, 0.3) is 0 Å². The highest BCUT2D eigenvalue weighted by Gasteiger charge is 2.38. The number of likely N-dealkylation sites (tertiary alicyclic amines) is 1. The summed E-state index contributed by atoms with van der Waals surface area (Å²) in [5.41, 5.74) is 26.4. The second kappa shape index (κ2) is 13.7. The maximum Gasteiger partial charge on any atom is 0.326 e. The van der Waals surface area contributed by atoms with E-state index in [9.17, 15) is 33.9 Å². The van der Waals surface area contributed by atoms with Gasteiger partial charge in [0.05, 0.1) is 18.9 Å². The zero-order valence-electron chi connectivity index (χ0n) is 19.1. The average molecular weight is 500 g/mol. The van der Waals surface area contributed by atoms with E-state index in [2.05, 4.69) is 15.6 Å². The number of aliphatic imine (C=N–C) groups is 1. The lowest BCUT2D eigenvalue weighted by atomic mass is 10.1. The summed E-state index contributed by atoms with van der Waals surface area (Å²) in [6, 6.07) is -5.02. The highest BCUT2D eigenvalue weighted by molar-refractivity contribution is 5.95. The molecular formula is C19H33N9O7. The number of aliphatic carboxylic acids is 1. The highest BCUT2D eigenvalue weighted by atomic mass is 16.4. The number of carboxylic acids is 1. The largest absolute Gasteiger partial charge is 0.480 e. The first kappa shape index (κ1) is 29.1. The highest BCUT2D eigenvalue weighted by Crippen LogP contribution is 2.19. The number of carboxylic acid groups (broad SMARTS) is 1. The van der Waals surface area contributed by atoms with Crippen molar-refractivity contribution in [3.8, 4) is 0 Å². The fourth-order valence-electron chi connectivity index (χ4n) is 3.53. The van der Waals surface area contributed by atoms with Crippen LogP contribution in [-0.4, -0.2) is 88.7 Å². The molecule has 1 aliphatic rings. The molecule has 0 aromatic carbocycles. The molecule has 1 aliphatic heterocycles. The van der Waals surface area contributed by atoms with E-state index >= 15 is 0 Å². The number of hydrogen-bond donors (Lipinski definition) is 8. The smallest absolute Gasteiger partial charge is 0.326 e. The Bertz CT molecular complexity index is 860. The topological polar surface area (TPSA) is 292 Å². The molecule has 0 bridgehead atoms. The Morgan fingerprint density at radius 2 is 1.60 bits per heavy atom. The van der Waals surface area contributed by atoms with Gasteiger partial charge in [0, 0.05) is 13.1 Å². The molecule has 0 radical (unpaired) electrons. The van der Waals surface area contributed by atoms with Crippen molar-refractivity contribution in [1.82, 2.24) is 15.5 Å². The van der Waals surface area contributed by atoms with Gasteiger partial charge in [0.15, 0.2) is 5.96 Å². The van der Waals surface area contributed by atoms with Gasteiger partial charge in [-0.05, 0) is 25.7 Å². The Morgan fingerprint density at radius 3 is 2.14 bits per heavy atom. The van der Waals surface area contributed by atoms with Crippen LogP contribution in [-0.2, 0) is 28.8 Å². The molecule has 0 aromatic heterocycles. The number of primary amides is 2. The SMILES string of the molecule is NC(=O)CC(N)C(=O)N1CCCC1C(=O)NC(CCCN=C(N)N)C(=O)NC(CC(N)=O)C(=O)O. The van der Waals surface area contributed by atoms with Gasteiger partial charge in [0.2, 0.25) is 29.5 Å². The third-order valence-corrected chi connectivity index (χ3v) is 5.17. The molecule has 0 aliphatic carbocycles. The Balaban J connectivity index is 2.98. The lowest BCUT2D eigenvalue weighted by Gasteiger charge is -2.28. The van der Waals surface area contributed by atoms with Crippen molar-refractivity contribution in [2.24, 2.45) is 33.7 Å². The lowest BCUT2D eigenvalue weighted by Crippen LogP contribution is -2.57. The molecule has 16 heteroatoms. The van der Waals surface area contributed by atoms with E-state index in [1.807, 2.05) is 0 Å². The first-order chi connectivity index (χ1) is 16.3. The molecule has 5 amide bonds. The quantitative estimate of drug-likeness (QED) is 0.0640. The summed E-state index contributed by atoms with van der Waals surface area (Å²) >= 11 is 0. The van der Waals surface area contributed by atoms with Crippen molar-refractivity contribution in [3.05, 3.63) is 0 Å². The lowest BCUT2D eigenvalue weighted by molar-refractivity contribution is -0.144. The molecule has 0 aromatic rings. The van der Waals surface area contributed by atoms with Crippen LogP contribution in [0.2, 0.25) is 0 Å². The molecule has 1 fully saturated rings. The number of nitrogens with two attached hydrogens (primary N) is 5. The third kappa shape index (κ3) is 9.83. The van der Waals surface area contributed by atoms with Crippen molar-refractivity contribution in [1.29, 1.82) is 0 Å². The molecule has 0 spiro atoms. The number of guanidine groups is 1. The fraction of sp³-hybridized carbons (Fsp3) is 0.632. The second-order valence-corrected chi connectivity index (χ2v) is 8.05. The van der Waals surface area contributed by atoms with Crippen molar-refractivity contribution >= 4 is 41.5 Å². The average Bonchev–Trinajstić information content (AvgIpc) is 3.23. The van der Waals surface area contributed by atoms with E-state index in [4.69, 9.17) is 28.7 Å². The molecule has 196 valence electrons. The van der Waals surface area contributed by atoms with Crippen LogP contribution >= 0.6 is 0 Å². The van der Waals surface area contributed by atoms with E-state index in [0.717, 1.165) is 0 Å². The van der Waals surface area contributed by atoms with Gasteiger partial charge in [-0.2, -0.15) is 0 Å². The van der Waals surface area contributed by atoms with Crippen molar-refractivity contribution in [2.75, 3.05) is 13.1 Å². The molecule has 0 saturated carbocycles. The van der Waals surface area contributed by atoms with Crippen LogP contribution in [0.4, 0.5) is 0 Å². The van der Waals surface area contributed by atoms with Gasteiger partial charge in [0.1, 0.15) is 18.1 Å². The van der Waals surface area contributed by atoms with Crippen LogP contribution in [0.5, 0.6) is 0 Å². The summed E-state index contributed by atoms with van der Waals surface area (Å²) in [4.78, 5) is 77.0. The van der Waals surface area contributed by atoms with Gasteiger partial charge in [0.25, 0.3) is 0 Å². The summed E-state index contributed by atoms with van der Waals surface area (Å²) in [7, 11) is 0. The number of nitrogens with zero attached hydrogens (tertiary/aromatic N) is 2. The molecule has 4 atom stereocenters. The van der Waals surface area contributed by atoms with Gasteiger partial charge < -0.3 is 49.3 Å². The first-order valence-electron chi connectivity index (χ1n) is 10.8. The zero-order chi connectivity index (χ0) is 26.7. The van der Waals surface area contributed by atoms with Crippen LogP contribution < -0.4 is 39.3 Å². The molecule has 1 heterocycles. The number of nitrogens with one attached hydrogen (secondary N) is 2. The van der Waals surface area contributed by atoms with Gasteiger partial charge in [-0.1, -0.05) is 0 Å². The van der Waals surface area contributed by atoms with E-state index in [1.165, 1.54) is 4.90 Å². The minimum absolute atomic E-state index is 0.0130. The summed E-state index contributed by atoms with van der Waals surface area (Å²) in [6.45, 7) is 0.339. The Kier molecular flexibility index (Phi) is 11.4. The van der Waals surface area contributed by atoms with Gasteiger partial charge in [-0.25, -0.2) is 4.79 Å².